The van der Waals surface area contributed by atoms with Crippen molar-refractivity contribution in [1.29, 1.82) is 0 Å². The molecule has 142 valence electrons. The van der Waals surface area contributed by atoms with E-state index in [0.717, 1.165) is 45.1 Å². The predicted molar refractivity (Wildman–Crippen MR) is 119 cm³/mol. The van der Waals surface area contributed by atoms with E-state index in [1.807, 2.05) is 85.0 Å². The molecule has 3 aromatic carbocycles. The molecule has 3 aromatic rings. The number of nitrogen functional groups attached to an aromatic ring is 2. The van der Waals surface area contributed by atoms with E-state index in [2.05, 4.69) is 0 Å². The molecule has 0 radical (unpaired) electrons. The molecule has 0 aromatic heterocycles. The highest BCUT2D eigenvalue weighted by Crippen LogP contribution is 2.31. The maximum Gasteiger partial charge on any atom is 0.126 e. The van der Waals surface area contributed by atoms with Crippen LogP contribution in [0.2, 0.25) is 0 Å². The molecule has 3 rings (SSSR count). The van der Waals surface area contributed by atoms with Gasteiger partial charge in [0.05, 0.1) is 14.2 Å². The third kappa shape index (κ3) is 4.74. The molecule has 0 spiro atoms. The van der Waals surface area contributed by atoms with Gasteiger partial charge in [0.25, 0.3) is 0 Å². The van der Waals surface area contributed by atoms with Gasteiger partial charge in [-0.15, -0.1) is 0 Å². The highest BCUT2D eigenvalue weighted by molar-refractivity contribution is 5.79. The Kier molecular flexibility index (Phi) is 6.02. The van der Waals surface area contributed by atoms with Crippen LogP contribution in [0.4, 0.5) is 11.4 Å². The number of rotatable bonds is 6. The molecule has 28 heavy (non-hydrogen) atoms. The van der Waals surface area contributed by atoms with Crippen molar-refractivity contribution >= 4 is 35.7 Å². The Morgan fingerprint density at radius 3 is 1.25 bits per heavy atom. The van der Waals surface area contributed by atoms with Crippen LogP contribution in [0.15, 0.2) is 60.7 Å². The first kappa shape index (κ1) is 19.1. The monoisotopic (exact) mass is 372 g/mol. The average molecular weight is 372 g/mol. The summed E-state index contributed by atoms with van der Waals surface area (Å²) in [5.74, 6) is 1.54. The summed E-state index contributed by atoms with van der Waals surface area (Å²) in [6.07, 6.45) is 8.03. The average Bonchev–Trinajstić information content (AvgIpc) is 2.72. The van der Waals surface area contributed by atoms with E-state index in [0.29, 0.717) is 0 Å². The van der Waals surface area contributed by atoms with Crippen molar-refractivity contribution in [1.82, 2.24) is 0 Å². The van der Waals surface area contributed by atoms with Crippen LogP contribution in [0, 0.1) is 0 Å². The normalized spacial score (nSPS) is 11.2. The summed E-state index contributed by atoms with van der Waals surface area (Å²) in [5.41, 5.74) is 16.9. The fourth-order valence-electron chi connectivity index (χ4n) is 2.79. The Morgan fingerprint density at radius 2 is 0.929 bits per heavy atom. The Balaban J connectivity index is 1.90. The van der Waals surface area contributed by atoms with E-state index in [-0.39, 0.29) is 0 Å². The van der Waals surface area contributed by atoms with E-state index in [4.69, 9.17) is 20.9 Å². The lowest BCUT2D eigenvalue weighted by Gasteiger charge is -2.11. The van der Waals surface area contributed by atoms with Crippen LogP contribution in [0.3, 0.4) is 0 Å². The van der Waals surface area contributed by atoms with Gasteiger partial charge >= 0.3 is 0 Å². The van der Waals surface area contributed by atoms with Crippen molar-refractivity contribution in [2.24, 2.45) is 0 Å². The third-order valence-electron chi connectivity index (χ3n) is 4.37. The van der Waals surface area contributed by atoms with E-state index < -0.39 is 0 Å². The second-order valence-corrected chi connectivity index (χ2v) is 6.34. The lowest BCUT2D eigenvalue weighted by molar-refractivity contribution is 0.401. The zero-order valence-electron chi connectivity index (χ0n) is 16.1. The fourth-order valence-corrected chi connectivity index (χ4v) is 2.79. The topological polar surface area (TPSA) is 70.5 Å². The number of methoxy groups -OCH3 is 2. The van der Waals surface area contributed by atoms with Crippen LogP contribution in [-0.2, 0) is 0 Å². The lowest BCUT2D eigenvalue weighted by atomic mass is 10.1. The summed E-state index contributed by atoms with van der Waals surface area (Å²) < 4.78 is 11.2. The number of anilines is 2. The molecule has 0 aliphatic rings. The van der Waals surface area contributed by atoms with Crippen molar-refractivity contribution < 1.29 is 9.47 Å². The SMILES string of the molecule is COc1cc(/C=C/c2ccc(N)cc2)c(OC)cc1/C=C/c1ccc(N)cc1. The molecule has 4 nitrogen and oxygen atoms in total. The molecule has 0 atom stereocenters. The standard InChI is InChI=1S/C24H24N2O2/c1-27-23-15-20(10-4-18-7-13-22(26)14-8-18)24(28-2)16-19(23)9-3-17-5-11-21(25)12-6-17/h3-16H,25-26H2,1-2H3/b9-3+,10-4+. The third-order valence-corrected chi connectivity index (χ3v) is 4.37. The predicted octanol–water partition coefficient (Wildman–Crippen LogP) is 5.21. The largest absolute Gasteiger partial charge is 0.496 e. The van der Waals surface area contributed by atoms with Gasteiger partial charge in [-0.2, -0.15) is 0 Å². The van der Waals surface area contributed by atoms with E-state index in [9.17, 15) is 0 Å². The summed E-state index contributed by atoms with van der Waals surface area (Å²) in [5, 5.41) is 0. The molecule has 0 bridgehead atoms. The van der Waals surface area contributed by atoms with Gasteiger partial charge in [0.15, 0.2) is 0 Å². The van der Waals surface area contributed by atoms with E-state index in [1.165, 1.54) is 0 Å². The number of hydrogen-bond acceptors (Lipinski definition) is 4. The fraction of sp³-hybridized carbons (Fsp3) is 0.0833. The Hall–Kier alpha value is -3.66. The first-order chi connectivity index (χ1) is 13.6. The van der Waals surface area contributed by atoms with Gasteiger partial charge in [0.2, 0.25) is 0 Å². The molecule has 0 heterocycles. The molecule has 4 heteroatoms. The number of nitrogens with two attached hydrogens (primary N) is 2. The van der Waals surface area contributed by atoms with Gasteiger partial charge in [-0.25, -0.2) is 0 Å². The summed E-state index contributed by atoms with van der Waals surface area (Å²) in [7, 11) is 3.33. The molecule has 0 aliphatic carbocycles. The zero-order chi connectivity index (χ0) is 19.9. The van der Waals surface area contributed by atoms with Gasteiger partial charge in [-0.1, -0.05) is 48.6 Å². The van der Waals surface area contributed by atoms with Crippen LogP contribution in [0.1, 0.15) is 22.3 Å². The second kappa shape index (κ2) is 8.82. The van der Waals surface area contributed by atoms with Gasteiger partial charge in [-0.3, -0.25) is 0 Å². The zero-order valence-corrected chi connectivity index (χ0v) is 16.1. The molecule has 0 saturated heterocycles. The van der Waals surface area contributed by atoms with Crippen LogP contribution in [-0.4, -0.2) is 14.2 Å². The smallest absolute Gasteiger partial charge is 0.126 e. The minimum atomic E-state index is 0.744. The molecule has 0 unspecified atom stereocenters. The van der Waals surface area contributed by atoms with Gasteiger partial charge < -0.3 is 20.9 Å². The highest BCUT2D eigenvalue weighted by atomic mass is 16.5. The van der Waals surface area contributed by atoms with Gasteiger partial charge in [0.1, 0.15) is 11.5 Å². The number of hydrogen-bond donors (Lipinski definition) is 2. The van der Waals surface area contributed by atoms with Crippen molar-refractivity contribution in [2.45, 2.75) is 0 Å². The lowest BCUT2D eigenvalue weighted by Crippen LogP contribution is -1.93. The van der Waals surface area contributed by atoms with Crippen molar-refractivity contribution in [3.63, 3.8) is 0 Å². The van der Waals surface area contributed by atoms with Crippen LogP contribution >= 0.6 is 0 Å². The summed E-state index contributed by atoms with van der Waals surface area (Å²) in [6, 6.07) is 19.3. The Labute approximate surface area is 165 Å². The number of ether oxygens (including phenoxy) is 2. The van der Waals surface area contributed by atoms with Crippen LogP contribution < -0.4 is 20.9 Å². The first-order valence-corrected chi connectivity index (χ1v) is 8.92. The molecule has 0 aliphatic heterocycles. The Bertz CT molecular complexity index is 905. The Morgan fingerprint density at radius 1 is 0.571 bits per heavy atom. The van der Waals surface area contributed by atoms with Crippen LogP contribution in [0.5, 0.6) is 11.5 Å². The first-order valence-electron chi connectivity index (χ1n) is 8.92. The molecule has 0 amide bonds. The maximum atomic E-state index is 5.74. The minimum absolute atomic E-state index is 0.744. The highest BCUT2D eigenvalue weighted by Gasteiger charge is 2.08. The summed E-state index contributed by atoms with van der Waals surface area (Å²) in [4.78, 5) is 0. The maximum absolute atomic E-state index is 5.74. The van der Waals surface area contributed by atoms with E-state index in [1.54, 1.807) is 14.2 Å². The molecule has 0 fully saturated rings. The molecule has 4 N–H and O–H groups in total. The molecular formula is C24H24N2O2. The summed E-state index contributed by atoms with van der Waals surface area (Å²) in [6.45, 7) is 0. The summed E-state index contributed by atoms with van der Waals surface area (Å²) >= 11 is 0. The van der Waals surface area contributed by atoms with Crippen molar-refractivity contribution in [3.05, 3.63) is 82.9 Å². The minimum Gasteiger partial charge on any atom is -0.496 e. The van der Waals surface area contributed by atoms with Crippen molar-refractivity contribution in [3.8, 4) is 11.5 Å². The second-order valence-electron chi connectivity index (χ2n) is 6.34. The van der Waals surface area contributed by atoms with E-state index >= 15 is 0 Å². The number of benzene rings is 3. The molecular weight excluding hydrogens is 348 g/mol. The van der Waals surface area contributed by atoms with Gasteiger partial charge in [-0.05, 0) is 47.5 Å². The van der Waals surface area contributed by atoms with Crippen LogP contribution in [0.25, 0.3) is 24.3 Å². The molecule has 0 saturated carbocycles. The van der Waals surface area contributed by atoms with Gasteiger partial charge in [0, 0.05) is 22.5 Å². The van der Waals surface area contributed by atoms with Crippen molar-refractivity contribution in [2.75, 3.05) is 25.7 Å². The quantitative estimate of drug-likeness (QED) is 0.460.